The van der Waals surface area contributed by atoms with E-state index in [1.807, 2.05) is 6.07 Å². The molecule has 24 heavy (non-hydrogen) atoms. The summed E-state index contributed by atoms with van der Waals surface area (Å²) in [6.07, 6.45) is -4.43. The third-order valence-corrected chi connectivity index (χ3v) is 3.57. The molecule has 0 aliphatic heterocycles. The SMILES string of the molecule is N#Cc1[nH]nnc1-c1cc(Cl)cc(-c2cccc(C(F)(F)F)c2)c1. The maximum Gasteiger partial charge on any atom is 0.416 e. The molecule has 0 aliphatic rings. The minimum atomic E-state index is -4.43. The molecule has 1 N–H and O–H groups in total. The van der Waals surface area contributed by atoms with Gasteiger partial charge in [-0.15, -0.1) is 5.10 Å². The summed E-state index contributed by atoms with van der Waals surface area (Å²) in [4.78, 5) is 0. The number of nitriles is 1. The number of nitrogens with zero attached hydrogens (tertiary/aromatic N) is 3. The molecule has 0 radical (unpaired) electrons. The molecule has 4 nitrogen and oxygen atoms in total. The summed E-state index contributed by atoms with van der Waals surface area (Å²) in [5, 5.41) is 19.2. The Morgan fingerprint density at radius 3 is 2.50 bits per heavy atom. The first kappa shape index (κ1) is 16.0. The minimum Gasteiger partial charge on any atom is -0.247 e. The number of benzene rings is 2. The fourth-order valence-electron chi connectivity index (χ4n) is 2.28. The Bertz CT molecular complexity index is 941. The summed E-state index contributed by atoms with van der Waals surface area (Å²) >= 11 is 6.08. The van der Waals surface area contributed by atoms with E-state index in [2.05, 4.69) is 15.4 Å². The highest BCUT2D eigenvalue weighted by molar-refractivity contribution is 6.31. The van der Waals surface area contributed by atoms with Crippen molar-refractivity contribution in [2.75, 3.05) is 0 Å². The van der Waals surface area contributed by atoms with Gasteiger partial charge in [0, 0.05) is 10.6 Å². The molecule has 2 aromatic carbocycles. The third kappa shape index (κ3) is 3.09. The zero-order valence-electron chi connectivity index (χ0n) is 11.9. The molecule has 0 aliphatic carbocycles. The number of alkyl halides is 3. The molecule has 120 valence electrons. The Labute approximate surface area is 139 Å². The van der Waals surface area contributed by atoms with Crippen molar-refractivity contribution >= 4 is 11.6 Å². The molecule has 0 spiro atoms. The van der Waals surface area contributed by atoms with Crippen molar-refractivity contribution in [3.63, 3.8) is 0 Å². The van der Waals surface area contributed by atoms with Crippen LogP contribution in [0.3, 0.4) is 0 Å². The Hall–Kier alpha value is -2.85. The zero-order valence-corrected chi connectivity index (χ0v) is 12.7. The lowest BCUT2D eigenvalue weighted by Crippen LogP contribution is -2.04. The van der Waals surface area contributed by atoms with Gasteiger partial charge < -0.3 is 0 Å². The molecular formula is C16H8ClF3N4. The van der Waals surface area contributed by atoms with E-state index in [-0.39, 0.29) is 11.4 Å². The minimum absolute atomic E-state index is 0.146. The second-order valence-corrected chi connectivity index (χ2v) is 5.39. The quantitative estimate of drug-likeness (QED) is 0.731. The fourth-order valence-corrected chi connectivity index (χ4v) is 2.51. The Kier molecular flexibility index (Phi) is 3.99. The summed E-state index contributed by atoms with van der Waals surface area (Å²) in [5.74, 6) is 0. The second-order valence-electron chi connectivity index (χ2n) is 4.95. The zero-order chi connectivity index (χ0) is 17.3. The number of rotatable bonds is 2. The molecule has 0 atom stereocenters. The number of aromatic nitrogens is 3. The van der Waals surface area contributed by atoms with Crippen molar-refractivity contribution in [1.29, 1.82) is 5.26 Å². The van der Waals surface area contributed by atoms with E-state index in [1.165, 1.54) is 6.07 Å². The van der Waals surface area contributed by atoms with Gasteiger partial charge in [0.25, 0.3) is 0 Å². The van der Waals surface area contributed by atoms with Crippen LogP contribution in [0.15, 0.2) is 42.5 Å². The van der Waals surface area contributed by atoms with Crippen LogP contribution >= 0.6 is 11.6 Å². The van der Waals surface area contributed by atoms with Gasteiger partial charge in [-0.1, -0.05) is 28.9 Å². The molecule has 0 bridgehead atoms. The molecule has 0 fully saturated rings. The topological polar surface area (TPSA) is 65.4 Å². The van der Waals surface area contributed by atoms with Crippen LogP contribution in [0.4, 0.5) is 13.2 Å². The molecule has 1 heterocycles. The first-order valence-corrected chi connectivity index (χ1v) is 7.06. The lowest BCUT2D eigenvalue weighted by atomic mass is 9.99. The van der Waals surface area contributed by atoms with Crippen LogP contribution in [0.5, 0.6) is 0 Å². The van der Waals surface area contributed by atoms with Crippen LogP contribution in [-0.4, -0.2) is 15.4 Å². The molecule has 0 saturated heterocycles. The van der Waals surface area contributed by atoms with Gasteiger partial charge in [0.05, 0.1) is 5.56 Å². The molecular weight excluding hydrogens is 341 g/mol. The van der Waals surface area contributed by atoms with Crippen LogP contribution in [-0.2, 0) is 6.18 Å². The van der Waals surface area contributed by atoms with Crippen molar-refractivity contribution < 1.29 is 13.2 Å². The van der Waals surface area contributed by atoms with Gasteiger partial charge in [0.2, 0.25) is 0 Å². The average molecular weight is 349 g/mol. The molecule has 8 heteroatoms. The van der Waals surface area contributed by atoms with Crippen molar-refractivity contribution in [3.8, 4) is 28.5 Å². The van der Waals surface area contributed by atoms with Gasteiger partial charge in [-0.05, 0) is 41.5 Å². The summed E-state index contributed by atoms with van der Waals surface area (Å²) in [5.41, 5.74) is 1.01. The standard InChI is InChI=1S/C16H8ClF3N4/c17-13-6-10(9-2-1-3-12(5-9)16(18,19)20)4-11(7-13)15-14(8-21)22-24-23-15/h1-7H,(H,22,23,24). The normalized spacial score (nSPS) is 11.3. The van der Waals surface area contributed by atoms with Crippen LogP contribution < -0.4 is 0 Å². The van der Waals surface area contributed by atoms with Crippen molar-refractivity contribution in [2.45, 2.75) is 6.18 Å². The highest BCUT2D eigenvalue weighted by Gasteiger charge is 2.30. The van der Waals surface area contributed by atoms with Gasteiger partial charge >= 0.3 is 6.18 Å². The van der Waals surface area contributed by atoms with E-state index >= 15 is 0 Å². The summed E-state index contributed by atoms with van der Waals surface area (Å²) in [6.45, 7) is 0. The lowest BCUT2D eigenvalue weighted by Gasteiger charge is -2.10. The summed E-state index contributed by atoms with van der Waals surface area (Å²) in [6, 6.07) is 11.6. The third-order valence-electron chi connectivity index (χ3n) is 3.35. The van der Waals surface area contributed by atoms with Gasteiger partial charge in [-0.3, -0.25) is 0 Å². The van der Waals surface area contributed by atoms with E-state index in [4.69, 9.17) is 16.9 Å². The fraction of sp³-hybridized carbons (Fsp3) is 0.0625. The maximum absolute atomic E-state index is 12.9. The smallest absolute Gasteiger partial charge is 0.247 e. The molecule has 3 aromatic rings. The highest BCUT2D eigenvalue weighted by Crippen LogP contribution is 2.34. The predicted molar refractivity (Wildman–Crippen MR) is 82.0 cm³/mol. The number of hydrogen-bond acceptors (Lipinski definition) is 3. The average Bonchev–Trinajstić information content (AvgIpc) is 3.02. The Balaban J connectivity index is 2.12. The van der Waals surface area contributed by atoms with Gasteiger partial charge in [0.1, 0.15) is 11.8 Å². The number of H-pyrrole nitrogens is 1. The van der Waals surface area contributed by atoms with E-state index in [9.17, 15) is 13.2 Å². The molecule has 3 rings (SSSR count). The highest BCUT2D eigenvalue weighted by atomic mass is 35.5. The first-order valence-electron chi connectivity index (χ1n) is 6.68. The lowest BCUT2D eigenvalue weighted by molar-refractivity contribution is -0.137. The maximum atomic E-state index is 12.9. The van der Waals surface area contributed by atoms with E-state index < -0.39 is 11.7 Å². The largest absolute Gasteiger partial charge is 0.416 e. The van der Waals surface area contributed by atoms with Gasteiger partial charge in [-0.2, -0.15) is 18.4 Å². The van der Waals surface area contributed by atoms with Gasteiger partial charge in [0.15, 0.2) is 5.69 Å². The number of halogens is 4. The summed E-state index contributed by atoms with van der Waals surface area (Å²) < 4.78 is 38.6. The van der Waals surface area contributed by atoms with E-state index in [0.29, 0.717) is 21.7 Å². The number of nitrogens with one attached hydrogen (secondary N) is 1. The number of hydrogen-bond donors (Lipinski definition) is 1. The summed E-state index contributed by atoms with van der Waals surface area (Å²) in [7, 11) is 0. The number of aromatic amines is 1. The Morgan fingerprint density at radius 2 is 1.79 bits per heavy atom. The first-order chi connectivity index (χ1) is 11.4. The van der Waals surface area contributed by atoms with Gasteiger partial charge in [-0.25, -0.2) is 5.10 Å². The molecule has 0 amide bonds. The van der Waals surface area contributed by atoms with Crippen LogP contribution in [0.25, 0.3) is 22.4 Å². The van der Waals surface area contributed by atoms with Crippen LogP contribution in [0, 0.1) is 11.3 Å². The molecule has 1 aromatic heterocycles. The predicted octanol–water partition coefficient (Wildman–Crippen LogP) is 4.68. The van der Waals surface area contributed by atoms with Crippen molar-refractivity contribution in [2.24, 2.45) is 0 Å². The monoisotopic (exact) mass is 348 g/mol. The van der Waals surface area contributed by atoms with Crippen molar-refractivity contribution in [3.05, 3.63) is 58.7 Å². The second kappa shape index (κ2) is 5.98. The van der Waals surface area contributed by atoms with Crippen LogP contribution in [0.1, 0.15) is 11.3 Å². The Morgan fingerprint density at radius 1 is 1.04 bits per heavy atom. The van der Waals surface area contributed by atoms with E-state index in [1.54, 1.807) is 24.3 Å². The van der Waals surface area contributed by atoms with Crippen molar-refractivity contribution in [1.82, 2.24) is 15.4 Å². The molecule has 0 unspecified atom stereocenters. The van der Waals surface area contributed by atoms with Crippen LogP contribution in [0.2, 0.25) is 5.02 Å². The molecule has 0 saturated carbocycles. The van der Waals surface area contributed by atoms with E-state index in [0.717, 1.165) is 12.1 Å².